The highest BCUT2D eigenvalue weighted by atomic mass is 16.2. The van der Waals surface area contributed by atoms with Crippen molar-refractivity contribution in [1.29, 1.82) is 0 Å². The molecule has 0 aromatic heterocycles. The fourth-order valence-corrected chi connectivity index (χ4v) is 4.53. The molecule has 0 unspecified atom stereocenters. The fourth-order valence-electron chi connectivity index (χ4n) is 4.53. The number of primary amides is 1. The van der Waals surface area contributed by atoms with Crippen LogP contribution in [0.2, 0.25) is 0 Å². The lowest BCUT2D eigenvalue weighted by Gasteiger charge is -2.44. The second-order valence-corrected chi connectivity index (χ2v) is 7.10. The molecule has 0 aromatic carbocycles. The molecule has 2 saturated heterocycles. The molecule has 3 aliphatic rings. The van der Waals surface area contributed by atoms with E-state index in [-0.39, 0.29) is 11.3 Å². The molecule has 3 rings (SSSR count). The minimum Gasteiger partial charge on any atom is -0.369 e. The molecule has 0 radical (unpaired) electrons. The molecule has 5 nitrogen and oxygen atoms in total. The third-order valence-electron chi connectivity index (χ3n) is 5.60. The van der Waals surface area contributed by atoms with E-state index in [4.69, 9.17) is 5.73 Å². The molecule has 3 fully saturated rings. The van der Waals surface area contributed by atoms with Crippen molar-refractivity contribution >= 4 is 11.8 Å². The van der Waals surface area contributed by atoms with Crippen molar-refractivity contribution in [1.82, 2.24) is 9.80 Å². The molecule has 2 amide bonds. The van der Waals surface area contributed by atoms with Gasteiger partial charge in [-0.2, -0.15) is 0 Å². The number of likely N-dealkylation sites (tertiary alicyclic amines) is 2. The molecule has 118 valence electrons. The zero-order chi connectivity index (χ0) is 14.9. The predicted octanol–water partition coefficient (Wildman–Crippen LogP) is 1.12. The Morgan fingerprint density at radius 3 is 2.62 bits per heavy atom. The Balaban J connectivity index is 1.68. The van der Waals surface area contributed by atoms with Crippen LogP contribution in [0.3, 0.4) is 0 Å². The van der Waals surface area contributed by atoms with Crippen molar-refractivity contribution in [2.45, 2.75) is 57.4 Å². The maximum absolute atomic E-state index is 13.1. The summed E-state index contributed by atoms with van der Waals surface area (Å²) < 4.78 is 0. The van der Waals surface area contributed by atoms with E-state index in [1.54, 1.807) is 0 Å². The molecular formula is C16H27N3O2. The van der Waals surface area contributed by atoms with Gasteiger partial charge in [-0.15, -0.1) is 0 Å². The summed E-state index contributed by atoms with van der Waals surface area (Å²) >= 11 is 0. The summed E-state index contributed by atoms with van der Waals surface area (Å²) in [6.07, 6.45) is 9.15. The molecule has 1 spiro atoms. The standard InChI is InChI=1S/C16H27N3O2/c17-14(20)11-18-10-8-16(12-18)7-4-9-19(15(16)21)13-5-2-1-3-6-13/h13H,1-12H2,(H2,17,20)/t16-/m0/s1. The van der Waals surface area contributed by atoms with Crippen LogP contribution in [0, 0.1) is 5.41 Å². The minimum atomic E-state index is -0.292. The first kappa shape index (κ1) is 14.8. The van der Waals surface area contributed by atoms with Crippen LogP contribution in [-0.4, -0.2) is 53.8 Å². The van der Waals surface area contributed by atoms with E-state index in [0.717, 1.165) is 38.9 Å². The number of piperidine rings is 1. The summed E-state index contributed by atoms with van der Waals surface area (Å²) in [5, 5.41) is 0. The topological polar surface area (TPSA) is 66.6 Å². The van der Waals surface area contributed by atoms with Gasteiger partial charge < -0.3 is 10.6 Å². The molecule has 2 aliphatic heterocycles. The number of nitrogens with two attached hydrogens (primary N) is 1. The van der Waals surface area contributed by atoms with Crippen LogP contribution in [0.1, 0.15) is 51.4 Å². The Bertz CT molecular complexity index is 420. The van der Waals surface area contributed by atoms with Crippen LogP contribution in [0.25, 0.3) is 0 Å². The van der Waals surface area contributed by atoms with Crippen LogP contribution >= 0.6 is 0 Å². The van der Waals surface area contributed by atoms with Gasteiger partial charge in [-0.1, -0.05) is 19.3 Å². The predicted molar refractivity (Wildman–Crippen MR) is 80.5 cm³/mol. The maximum Gasteiger partial charge on any atom is 0.231 e. The highest BCUT2D eigenvalue weighted by Gasteiger charge is 2.49. The van der Waals surface area contributed by atoms with Gasteiger partial charge >= 0.3 is 0 Å². The van der Waals surface area contributed by atoms with Crippen LogP contribution in [0.4, 0.5) is 0 Å². The monoisotopic (exact) mass is 293 g/mol. The molecule has 0 bridgehead atoms. The van der Waals surface area contributed by atoms with E-state index in [2.05, 4.69) is 9.80 Å². The van der Waals surface area contributed by atoms with Crippen molar-refractivity contribution in [3.8, 4) is 0 Å². The van der Waals surface area contributed by atoms with Crippen LogP contribution in [0.15, 0.2) is 0 Å². The van der Waals surface area contributed by atoms with Gasteiger partial charge in [0.25, 0.3) is 0 Å². The van der Waals surface area contributed by atoms with Crippen LogP contribution < -0.4 is 5.73 Å². The summed E-state index contributed by atoms with van der Waals surface area (Å²) in [5.41, 5.74) is 5.06. The number of nitrogens with zero attached hydrogens (tertiary/aromatic N) is 2. The van der Waals surface area contributed by atoms with Gasteiger partial charge in [-0.05, 0) is 38.6 Å². The largest absolute Gasteiger partial charge is 0.369 e. The molecule has 0 aromatic rings. The van der Waals surface area contributed by atoms with Crippen molar-refractivity contribution in [3.05, 3.63) is 0 Å². The summed E-state index contributed by atoms with van der Waals surface area (Å²) in [6, 6.07) is 0.466. The summed E-state index contributed by atoms with van der Waals surface area (Å²) in [7, 11) is 0. The van der Waals surface area contributed by atoms with E-state index < -0.39 is 0 Å². The lowest BCUT2D eigenvalue weighted by Crippen LogP contribution is -2.54. The fraction of sp³-hybridized carbons (Fsp3) is 0.875. The van der Waals surface area contributed by atoms with Crippen molar-refractivity contribution in [2.24, 2.45) is 11.1 Å². The first-order valence-electron chi connectivity index (χ1n) is 8.42. The molecule has 21 heavy (non-hydrogen) atoms. The third kappa shape index (κ3) is 2.93. The van der Waals surface area contributed by atoms with Crippen molar-refractivity contribution < 1.29 is 9.59 Å². The van der Waals surface area contributed by atoms with Gasteiger partial charge in [-0.25, -0.2) is 0 Å². The molecule has 1 atom stereocenters. The van der Waals surface area contributed by atoms with Crippen molar-refractivity contribution in [2.75, 3.05) is 26.2 Å². The third-order valence-corrected chi connectivity index (χ3v) is 5.60. The molecule has 1 aliphatic carbocycles. The normalized spacial score (nSPS) is 32.0. The molecule has 1 saturated carbocycles. The highest BCUT2D eigenvalue weighted by Crippen LogP contribution is 2.41. The van der Waals surface area contributed by atoms with E-state index >= 15 is 0 Å². The Morgan fingerprint density at radius 2 is 1.90 bits per heavy atom. The maximum atomic E-state index is 13.1. The number of hydrogen-bond acceptors (Lipinski definition) is 3. The van der Waals surface area contributed by atoms with Crippen molar-refractivity contribution in [3.63, 3.8) is 0 Å². The highest BCUT2D eigenvalue weighted by molar-refractivity contribution is 5.84. The second-order valence-electron chi connectivity index (χ2n) is 7.10. The van der Waals surface area contributed by atoms with E-state index in [9.17, 15) is 9.59 Å². The Labute approximate surface area is 126 Å². The summed E-state index contributed by atoms with van der Waals surface area (Å²) in [5.74, 6) is 0.0621. The van der Waals surface area contributed by atoms with Crippen LogP contribution in [-0.2, 0) is 9.59 Å². The Hall–Kier alpha value is -1.10. The van der Waals surface area contributed by atoms with Crippen LogP contribution in [0.5, 0.6) is 0 Å². The van der Waals surface area contributed by atoms with E-state index in [1.807, 2.05) is 0 Å². The summed E-state index contributed by atoms with van der Waals surface area (Å²) in [6.45, 7) is 2.77. The average Bonchev–Trinajstić information content (AvgIpc) is 2.86. The Kier molecular flexibility index (Phi) is 4.20. The minimum absolute atomic E-state index is 0.231. The molecule has 5 heteroatoms. The number of amides is 2. The number of rotatable bonds is 3. The van der Waals surface area contributed by atoms with Gasteiger partial charge in [0.05, 0.1) is 12.0 Å². The molecule has 2 N–H and O–H groups in total. The Morgan fingerprint density at radius 1 is 1.14 bits per heavy atom. The first-order chi connectivity index (χ1) is 10.1. The lowest BCUT2D eigenvalue weighted by atomic mass is 9.77. The van der Waals surface area contributed by atoms with Gasteiger partial charge in [-0.3, -0.25) is 14.5 Å². The zero-order valence-electron chi connectivity index (χ0n) is 12.9. The van der Waals surface area contributed by atoms with E-state index in [1.165, 1.54) is 32.1 Å². The molecular weight excluding hydrogens is 266 g/mol. The first-order valence-corrected chi connectivity index (χ1v) is 8.42. The zero-order valence-corrected chi connectivity index (χ0v) is 12.9. The average molecular weight is 293 g/mol. The lowest BCUT2D eigenvalue weighted by molar-refractivity contribution is -0.149. The smallest absolute Gasteiger partial charge is 0.231 e. The van der Waals surface area contributed by atoms with E-state index in [0.29, 0.717) is 18.5 Å². The van der Waals surface area contributed by atoms with Gasteiger partial charge in [0.15, 0.2) is 0 Å². The van der Waals surface area contributed by atoms with Gasteiger partial charge in [0.2, 0.25) is 11.8 Å². The number of carbonyl (C=O) groups is 2. The number of hydrogen-bond donors (Lipinski definition) is 1. The van der Waals surface area contributed by atoms with Gasteiger partial charge in [0.1, 0.15) is 0 Å². The summed E-state index contributed by atoms with van der Waals surface area (Å²) in [4.78, 5) is 28.4. The molecule has 2 heterocycles. The SMILES string of the molecule is NC(=O)CN1CC[C@@]2(CCCN(C3CCCCC3)C2=O)C1. The second kappa shape index (κ2) is 5.95. The van der Waals surface area contributed by atoms with Gasteiger partial charge in [0, 0.05) is 19.1 Å². The quantitative estimate of drug-likeness (QED) is 0.848. The number of carbonyl (C=O) groups excluding carboxylic acids is 2.